The van der Waals surface area contributed by atoms with Gasteiger partial charge in [-0.05, 0) is 32.0 Å². The van der Waals surface area contributed by atoms with E-state index in [9.17, 15) is 16.8 Å². The van der Waals surface area contributed by atoms with Crippen LogP contribution in [-0.4, -0.2) is 22.1 Å². The molecule has 0 aliphatic carbocycles. The number of sulfonamides is 2. The van der Waals surface area contributed by atoms with E-state index in [0.29, 0.717) is 0 Å². The smallest absolute Gasteiger partial charge is 0.211 e. The van der Waals surface area contributed by atoms with E-state index >= 15 is 0 Å². The zero-order chi connectivity index (χ0) is 14.8. The molecule has 1 aromatic rings. The Labute approximate surface area is 122 Å². The van der Waals surface area contributed by atoms with Crippen molar-refractivity contribution in [1.82, 2.24) is 9.66 Å². The maximum absolute atomic E-state index is 11.9. The minimum absolute atomic E-state index is 0.0688. The Morgan fingerprint density at radius 3 is 2.16 bits per heavy atom. The van der Waals surface area contributed by atoms with Gasteiger partial charge in [0.2, 0.25) is 10.0 Å². The van der Waals surface area contributed by atoms with Crippen LogP contribution in [-0.2, 0) is 20.0 Å². The average Bonchev–Trinajstić information content (AvgIpc) is 2.30. The van der Waals surface area contributed by atoms with Crippen molar-refractivity contribution in [2.75, 3.05) is 0 Å². The SMILES string of the molecule is CC(C)S(=O)(=O)NNS(=O)(=O)c1cc(Cl)ccc1Cl. The molecule has 19 heavy (non-hydrogen) atoms. The summed E-state index contributed by atoms with van der Waals surface area (Å²) in [4.78, 5) is 3.22. The fourth-order valence-electron chi connectivity index (χ4n) is 0.969. The van der Waals surface area contributed by atoms with Gasteiger partial charge in [-0.15, -0.1) is 9.66 Å². The summed E-state index contributed by atoms with van der Waals surface area (Å²) in [6.45, 7) is 2.81. The Bertz CT molecular complexity index is 671. The minimum Gasteiger partial charge on any atom is -0.211 e. The van der Waals surface area contributed by atoms with Crippen molar-refractivity contribution >= 4 is 43.2 Å². The van der Waals surface area contributed by atoms with Gasteiger partial charge in [0, 0.05) is 5.02 Å². The quantitative estimate of drug-likeness (QED) is 0.790. The van der Waals surface area contributed by atoms with Crippen molar-refractivity contribution in [2.24, 2.45) is 0 Å². The van der Waals surface area contributed by atoms with E-state index in [2.05, 4.69) is 0 Å². The van der Waals surface area contributed by atoms with Gasteiger partial charge in [0.15, 0.2) is 0 Å². The molecule has 0 aliphatic rings. The van der Waals surface area contributed by atoms with Crippen LogP contribution in [0.3, 0.4) is 0 Å². The molecule has 0 radical (unpaired) electrons. The van der Waals surface area contributed by atoms with Crippen molar-refractivity contribution in [3.8, 4) is 0 Å². The molecule has 0 aromatic heterocycles. The molecule has 0 bridgehead atoms. The Kier molecular flexibility index (Phi) is 5.21. The Hall–Kier alpha value is -0.380. The highest BCUT2D eigenvalue weighted by Crippen LogP contribution is 2.24. The summed E-state index contributed by atoms with van der Waals surface area (Å²) >= 11 is 11.4. The van der Waals surface area contributed by atoms with Crippen LogP contribution in [0.5, 0.6) is 0 Å². The summed E-state index contributed by atoms with van der Waals surface area (Å²) in [6, 6.07) is 3.84. The predicted molar refractivity (Wildman–Crippen MR) is 74.0 cm³/mol. The third-order valence-electron chi connectivity index (χ3n) is 2.12. The lowest BCUT2D eigenvalue weighted by molar-refractivity contribution is 0.552. The van der Waals surface area contributed by atoms with Crippen molar-refractivity contribution in [3.05, 3.63) is 28.2 Å². The molecular formula is C9H12Cl2N2O4S2. The molecule has 0 aliphatic heterocycles. The summed E-state index contributed by atoms with van der Waals surface area (Å²) in [6.07, 6.45) is 0. The van der Waals surface area contributed by atoms with Crippen molar-refractivity contribution < 1.29 is 16.8 Å². The Balaban J connectivity index is 3.04. The van der Waals surface area contributed by atoms with Gasteiger partial charge >= 0.3 is 0 Å². The van der Waals surface area contributed by atoms with Crippen LogP contribution in [0.25, 0.3) is 0 Å². The van der Waals surface area contributed by atoms with Gasteiger partial charge < -0.3 is 0 Å². The molecule has 0 amide bonds. The number of hydrazine groups is 1. The molecule has 0 unspecified atom stereocenters. The standard InChI is InChI=1S/C9H12Cl2N2O4S2/c1-6(2)18(14,15)12-13-19(16,17)9-5-7(10)3-4-8(9)11/h3-6,12-13H,1-2H3. The van der Waals surface area contributed by atoms with Gasteiger partial charge in [-0.1, -0.05) is 23.2 Å². The normalized spacial score (nSPS) is 12.9. The number of nitrogens with one attached hydrogen (secondary N) is 2. The molecule has 0 atom stereocenters. The summed E-state index contributed by atoms with van der Waals surface area (Å²) in [5.74, 6) is 0. The molecule has 10 heteroatoms. The van der Waals surface area contributed by atoms with E-state index in [1.54, 1.807) is 9.66 Å². The van der Waals surface area contributed by atoms with Crippen LogP contribution in [0, 0.1) is 0 Å². The number of rotatable bonds is 5. The zero-order valence-corrected chi connectivity index (χ0v) is 13.2. The van der Waals surface area contributed by atoms with Crippen LogP contribution >= 0.6 is 23.2 Å². The summed E-state index contributed by atoms with van der Waals surface area (Å²) in [5.41, 5.74) is 0. The molecule has 2 N–H and O–H groups in total. The second-order valence-corrected chi connectivity index (χ2v) is 8.61. The lowest BCUT2D eigenvalue weighted by Crippen LogP contribution is -2.44. The molecule has 0 saturated carbocycles. The van der Waals surface area contributed by atoms with E-state index < -0.39 is 25.3 Å². The highest BCUT2D eigenvalue weighted by Gasteiger charge is 2.22. The molecule has 1 rings (SSSR count). The van der Waals surface area contributed by atoms with Crippen molar-refractivity contribution in [3.63, 3.8) is 0 Å². The van der Waals surface area contributed by atoms with Gasteiger partial charge in [-0.25, -0.2) is 16.8 Å². The molecule has 0 heterocycles. The largest absolute Gasteiger partial charge is 0.255 e. The molecule has 0 fully saturated rings. The zero-order valence-electron chi connectivity index (χ0n) is 10.0. The van der Waals surface area contributed by atoms with Gasteiger partial charge in [-0.3, -0.25) is 0 Å². The third kappa shape index (κ3) is 4.30. The second kappa shape index (κ2) is 5.94. The first-order chi connectivity index (χ1) is 8.56. The Morgan fingerprint density at radius 1 is 1.05 bits per heavy atom. The third-order valence-corrected chi connectivity index (χ3v) is 5.84. The minimum atomic E-state index is -4.14. The number of hydrogen-bond donors (Lipinski definition) is 2. The fourth-order valence-corrected chi connectivity index (χ4v) is 3.48. The van der Waals surface area contributed by atoms with Crippen molar-refractivity contribution in [2.45, 2.75) is 24.0 Å². The van der Waals surface area contributed by atoms with E-state index in [1.807, 2.05) is 0 Å². The van der Waals surface area contributed by atoms with Gasteiger partial charge in [-0.2, -0.15) is 0 Å². The van der Waals surface area contributed by atoms with E-state index in [0.717, 1.165) is 6.07 Å². The van der Waals surface area contributed by atoms with Crippen LogP contribution in [0.4, 0.5) is 0 Å². The van der Waals surface area contributed by atoms with Gasteiger partial charge in [0.1, 0.15) is 4.90 Å². The first-order valence-electron chi connectivity index (χ1n) is 5.04. The first kappa shape index (κ1) is 16.7. The van der Waals surface area contributed by atoms with E-state index in [4.69, 9.17) is 23.2 Å². The second-order valence-electron chi connectivity index (χ2n) is 3.88. The average molecular weight is 347 g/mol. The molecule has 1 aromatic carbocycles. The van der Waals surface area contributed by atoms with Crippen LogP contribution in [0.2, 0.25) is 10.0 Å². The van der Waals surface area contributed by atoms with E-state index in [1.165, 1.54) is 26.0 Å². The predicted octanol–water partition coefficient (Wildman–Crippen LogP) is 1.51. The van der Waals surface area contributed by atoms with Crippen molar-refractivity contribution in [1.29, 1.82) is 0 Å². The summed E-state index contributed by atoms with van der Waals surface area (Å²) < 4.78 is 46.7. The fraction of sp³-hybridized carbons (Fsp3) is 0.333. The lowest BCUT2D eigenvalue weighted by atomic mass is 10.4. The lowest BCUT2D eigenvalue weighted by Gasteiger charge is -2.12. The monoisotopic (exact) mass is 346 g/mol. The number of halogens is 2. The molecule has 108 valence electrons. The summed E-state index contributed by atoms with van der Waals surface area (Å²) in [5, 5.41) is -0.692. The number of benzene rings is 1. The maximum atomic E-state index is 11.9. The molecule has 0 spiro atoms. The highest BCUT2D eigenvalue weighted by molar-refractivity contribution is 7.92. The van der Waals surface area contributed by atoms with Gasteiger partial charge in [0.05, 0.1) is 10.3 Å². The molecule has 6 nitrogen and oxygen atoms in total. The molecule has 0 saturated heterocycles. The van der Waals surface area contributed by atoms with Crippen LogP contribution < -0.4 is 9.66 Å². The maximum Gasteiger partial charge on any atom is 0.255 e. The number of hydrogen-bond acceptors (Lipinski definition) is 4. The summed E-state index contributed by atoms with van der Waals surface area (Å²) in [7, 11) is -7.92. The van der Waals surface area contributed by atoms with E-state index in [-0.39, 0.29) is 14.9 Å². The topological polar surface area (TPSA) is 92.3 Å². The Morgan fingerprint density at radius 2 is 1.63 bits per heavy atom. The molecular weight excluding hydrogens is 335 g/mol. The first-order valence-corrected chi connectivity index (χ1v) is 8.82. The van der Waals surface area contributed by atoms with Gasteiger partial charge in [0.25, 0.3) is 10.0 Å². The highest BCUT2D eigenvalue weighted by atomic mass is 35.5. The van der Waals surface area contributed by atoms with Crippen LogP contribution in [0.15, 0.2) is 23.1 Å². The van der Waals surface area contributed by atoms with Crippen LogP contribution in [0.1, 0.15) is 13.8 Å².